The van der Waals surface area contributed by atoms with Crippen molar-refractivity contribution in [3.8, 4) is 0 Å². The van der Waals surface area contributed by atoms with E-state index in [4.69, 9.17) is 21.1 Å². The van der Waals surface area contributed by atoms with Gasteiger partial charge < -0.3 is 14.3 Å². The summed E-state index contributed by atoms with van der Waals surface area (Å²) in [6.45, 7) is -0.264. The molecule has 0 unspecified atom stereocenters. The molecular weight excluding hydrogens is 299 g/mol. The monoisotopic (exact) mass is 311 g/mol. The molecule has 0 heterocycles. The minimum atomic E-state index is -4.65. The SMILES string of the molecule is COC(CON=C(c1ccc(Cl)cc1)C(F)(F)F)OC. The molecule has 0 atom stereocenters. The number of alkyl halides is 3. The zero-order chi connectivity index (χ0) is 15.2. The average Bonchev–Trinajstić information content (AvgIpc) is 2.39. The summed E-state index contributed by atoms with van der Waals surface area (Å²) in [5, 5.41) is 3.45. The Morgan fingerprint density at radius 2 is 1.75 bits per heavy atom. The van der Waals surface area contributed by atoms with Gasteiger partial charge in [-0.15, -0.1) is 0 Å². The second-order valence-corrected chi connectivity index (χ2v) is 4.08. The maximum absolute atomic E-state index is 12.9. The number of halogens is 4. The quantitative estimate of drug-likeness (QED) is 0.460. The van der Waals surface area contributed by atoms with Crippen LogP contribution < -0.4 is 0 Å². The molecule has 0 bridgehead atoms. The number of hydrogen-bond acceptors (Lipinski definition) is 4. The molecule has 4 nitrogen and oxygen atoms in total. The molecule has 1 rings (SSSR count). The third-order valence-electron chi connectivity index (χ3n) is 2.28. The predicted octanol–water partition coefficient (Wildman–Crippen LogP) is 3.24. The van der Waals surface area contributed by atoms with E-state index in [1.165, 1.54) is 38.5 Å². The summed E-state index contributed by atoms with van der Waals surface area (Å²) in [7, 11) is 2.68. The Morgan fingerprint density at radius 1 is 1.20 bits per heavy atom. The summed E-state index contributed by atoms with van der Waals surface area (Å²) in [5.74, 6) is 0. The van der Waals surface area contributed by atoms with Crippen molar-refractivity contribution >= 4 is 17.3 Å². The number of benzene rings is 1. The van der Waals surface area contributed by atoms with Gasteiger partial charge in [0.2, 0.25) is 0 Å². The van der Waals surface area contributed by atoms with Gasteiger partial charge in [0.1, 0.15) is 0 Å². The Hall–Kier alpha value is -1.31. The molecular formula is C12H13ClF3NO3. The minimum Gasteiger partial charge on any atom is -0.390 e. The zero-order valence-electron chi connectivity index (χ0n) is 10.8. The van der Waals surface area contributed by atoms with Gasteiger partial charge in [0.05, 0.1) is 0 Å². The van der Waals surface area contributed by atoms with Crippen molar-refractivity contribution in [1.82, 2.24) is 0 Å². The minimum absolute atomic E-state index is 0.145. The highest BCUT2D eigenvalue weighted by Crippen LogP contribution is 2.24. The Kier molecular flexibility index (Phi) is 6.25. The third-order valence-corrected chi connectivity index (χ3v) is 2.53. The molecule has 0 N–H and O–H groups in total. The Labute approximate surface area is 119 Å². The third kappa shape index (κ3) is 4.99. The standard InChI is InChI=1S/C12H13ClF3NO3/c1-18-10(19-2)7-20-17-11(12(14,15)16)8-3-5-9(13)6-4-8/h3-6,10H,7H2,1-2H3. The highest BCUT2D eigenvalue weighted by atomic mass is 35.5. The molecule has 1 aromatic carbocycles. The molecule has 0 aromatic heterocycles. The first-order chi connectivity index (χ1) is 9.38. The van der Waals surface area contributed by atoms with Gasteiger partial charge in [0.25, 0.3) is 0 Å². The highest BCUT2D eigenvalue weighted by Gasteiger charge is 2.37. The van der Waals surface area contributed by atoms with E-state index in [1.807, 2.05) is 0 Å². The van der Waals surface area contributed by atoms with Crippen LogP contribution in [0.2, 0.25) is 5.02 Å². The molecule has 8 heteroatoms. The van der Waals surface area contributed by atoms with Crippen molar-refractivity contribution in [3.63, 3.8) is 0 Å². The van der Waals surface area contributed by atoms with Crippen LogP contribution in [0.15, 0.2) is 29.4 Å². The summed E-state index contributed by atoms with van der Waals surface area (Å²) < 4.78 is 48.2. The van der Waals surface area contributed by atoms with Crippen molar-refractivity contribution in [2.24, 2.45) is 5.16 Å². The molecule has 20 heavy (non-hydrogen) atoms. The van der Waals surface area contributed by atoms with Gasteiger partial charge in [-0.05, 0) is 12.1 Å². The number of oxime groups is 1. The zero-order valence-corrected chi connectivity index (χ0v) is 11.5. The van der Waals surface area contributed by atoms with E-state index in [1.54, 1.807) is 0 Å². The second-order valence-electron chi connectivity index (χ2n) is 3.64. The molecule has 0 spiro atoms. The van der Waals surface area contributed by atoms with Crippen LogP contribution >= 0.6 is 11.6 Å². The van der Waals surface area contributed by atoms with Crippen LogP contribution in [0.5, 0.6) is 0 Å². The van der Waals surface area contributed by atoms with Crippen molar-refractivity contribution in [2.45, 2.75) is 12.5 Å². The number of nitrogens with zero attached hydrogens (tertiary/aromatic N) is 1. The summed E-state index contributed by atoms with van der Waals surface area (Å²) in [4.78, 5) is 4.64. The molecule has 0 aliphatic rings. The van der Waals surface area contributed by atoms with E-state index in [9.17, 15) is 13.2 Å². The number of ether oxygens (including phenoxy) is 2. The maximum Gasteiger partial charge on any atom is 0.437 e. The van der Waals surface area contributed by atoms with Crippen molar-refractivity contribution in [1.29, 1.82) is 0 Å². The summed E-state index contributed by atoms with van der Waals surface area (Å²) >= 11 is 5.63. The summed E-state index contributed by atoms with van der Waals surface area (Å²) in [6.07, 6.45) is -5.44. The number of hydrogen-bond donors (Lipinski definition) is 0. The van der Waals surface area contributed by atoms with Crippen LogP contribution in [-0.2, 0) is 14.3 Å². The predicted molar refractivity (Wildman–Crippen MR) is 67.8 cm³/mol. The van der Waals surface area contributed by atoms with Crippen LogP contribution in [0.25, 0.3) is 0 Å². The van der Waals surface area contributed by atoms with Gasteiger partial charge in [0, 0.05) is 24.8 Å². The van der Waals surface area contributed by atoms with Gasteiger partial charge in [0.15, 0.2) is 18.6 Å². The first-order valence-electron chi connectivity index (χ1n) is 5.47. The summed E-state index contributed by atoms with van der Waals surface area (Å²) in [6, 6.07) is 5.10. The second kappa shape index (κ2) is 7.47. The van der Waals surface area contributed by atoms with Crippen LogP contribution in [0, 0.1) is 0 Å². The van der Waals surface area contributed by atoms with E-state index in [-0.39, 0.29) is 12.2 Å². The van der Waals surface area contributed by atoms with Gasteiger partial charge in [-0.25, -0.2) is 0 Å². The van der Waals surface area contributed by atoms with Crippen molar-refractivity contribution in [2.75, 3.05) is 20.8 Å². The topological polar surface area (TPSA) is 40.0 Å². The highest BCUT2D eigenvalue weighted by molar-refractivity contribution is 6.30. The molecule has 0 aliphatic carbocycles. The van der Waals surface area contributed by atoms with Gasteiger partial charge in [-0.2, -0.15) is 13.2 Å². The smallest absolute Gasteiger partial charge is 0.390 e. The number of rotatable bonds is 6. The van der Waals surface area contributed by atoms with Crippen LogP contribution in [0.3, 0.4) is 0 Å². The molecule has 0 radical (unpaired) electrons. The van der Waals surface area contributed by atoms with E-state index in [0.717, 1.165) is 0 Å². The van der Waals surface area contributed by atoms with Crippen molar-refractivity contribution in [3.05, 3.63) is 34.9 Å². The van der Waals surface area contributed by atoms with Crippen molar-refractivity contribution < 1.29 is 27.5 Å². The van der Waals surface area contributed by atoms with E-state index in [0.29, 0.717) is 5.02 Å². The lowest BCUT2D eigenvalue weighted by atomic mass is 10.1. The average molecular weight is 312 g/mol. The van der Waals surface area contributed by atoms with Gasteiger partial charge >= 0.3 is 6.18 Å². The maximum atomic E-state index is 12.9. The molecule has 0 fully saturated rings. The lowest BCUT2D eigenvalue weighted by molar-refractivity contribution is -0.141. The van der Waals surface area contributed by atoms with Crippen LogP contribution in [-0.4, -0.2) is 39.0 Å². The number of methoxy groups -OCH3 is 2. The molecule has 1 aromatic rings. The fourth-order valence-corrected chi connectivity index (χ4v) is 1.40. The van der Waals surface area contributed by atoms with E-state index in [2.05, 4.69) is 9.99 Å². The molecule has 0 saturated carbocycles. The Bertz CT molecular complexity index is 444. The normalized spacial score (nSPS) is 12.8. The molecule has 0 amide bonds. The van der Waals surface area contributed by atoms with Crippen LogP contribution in [0.4, 0.5) is 13.2 Å². The molecule has 112 valence electrons. The first-order valence-corrected chi connectivity index (χ1v) is 5.85. The lowest BCUT2D eigenvalue weighted by Gasteiger charge is -2.13. The largest absolute Gasteiger partial charge is 0.437 e. The van der Waals surface area contributed by atoms with E-state index < -0.39 is 18.2 Å². The van der Waals surface area contributed by atoms with Gasteiger partial charge in [-0.3, -0.25) is 0 Å². The lowest BCUT2D eigenvalue weighted by Crippen LogP contribution is -2.26. The Balaban J connectivity index is 2.88. The first kappa shape index (κ1) is 16.7. The summed E-state index contributed by atoms with van der Waals surface area (Å²) in [5.41, 5.74) is -1.30. The van der Waals surface area contributed by atoms with Crippen LogP contribution in [0.1, 0.15) is 5.56 Å². The fourth-order valence-electron chi connectivity index (χ4n) is 1.27. The molecule has 0 aliphatic heterocycles. The van der Waals surface area contributed by atoms with E-state index >= 15 is 0 Å². The molecule has 0 saturated heterocycles. The van der Waals surface area contributed by atoms with Gasteiger partial charge in [-0.1, -0.05) is 28.9 Å². The Morgan fingerprint density at radius 3 is 2.20 bits per heavy atom. The fraction of sp³-hybridized carbons (Fsp3) is 0.417.